The van der Waals surface area contributed by atoms with Crippen molar-refractivity contribution in [2.24, 2.45) is 4.40 Å². The molecule has 2 aliphatic heterocycles. The number of hydrogen-bond donors (Lipinski definition) is 1. The molecular formula is C23H27N3O3S. The monoisotopic (exact) mass is 425 g/mol. The molecule has 1 saturated heterocycles. The number of carbonyl (C=O) groups excluding carboxylic acids is 1. The molecule has 2 heterocycles. The van der Waals surface area contributed by atoms with Crippen molar-refractivity contribution >= 4 is 21.8 Å². The summed E-state index contributed by atoms with van der Waals surface area (Å²) in [7, 11) is -3.70. The van der Waals surface area contributed by atoms with E-state index in [1.165, 1.54) is 5.56 Å². The number of nitrogens with one attached hydrogen (secondary N) is 1. The van der Waals surface area contributed by atoms with Crippen molar-refractivity contribution in [2.45, 2.75) is 49.5 Å². The number of piperidine rings is 1. The first-order valence-corrected chi connectivity index (χ1v) is 12.0. The molecule has 2 aromatic rings. The van der Waals surface area contributed by atoms with Gasteiger partial charge in [-0.25, -0.2) is 0 Å². The predicted molar refractivity (Wildman–Crippen MR) is 117 cm³/mol. The smallest absolute Gasteiger partial charge is 0.285 e. The molecule has 158 valence electrons. The quantitative estimate of drug-likeness (QED) is 0.797. The highest BCUT2D eigenvalue weighted by molar-refractivity contribution is 7.90. The van der Waals surface area contributed by atoms with Crippen molar-refractivity contribution in [1.29, 1.82) is 0 Å². The second-order valence-corrected chi connectivity index (χ2v) is 9.42. The minimum absolute atomic E-state index is 0.0615. The summed E-state index contributed by atoms with van der Waals surface area (Å²) in [6.07, 6.45) is 3.46. The fourth-order valence-electron chi connectivity index (χ4n) is 4.32. The summed E-state index contributed by atoms with van der Waals surface area (Å²) < 4.78 is 29.0. The zero-order valence-corrected chi connectivity index (χ0v) is 17.9. The van der Waals surface area contributed by atoms with Crippen LogP contribution in [0.4, 0.5) is 0 Å². The lowest BCUT2D eigenvalue weighted by atomic mass is 9.95. The van der Waals surface area contributed by atoms with Gasteiger partial charge in [0.1, 0.15) is 10.9 Å². The lowest BCUT2D eigenvalue weighted by Gasteiger charge is -2.36. The predicted octanol–water partition coefficient (Wildman–Crippen LogP) is 3.30. The summed E-state index contributed by atoms with van der Waals surface area (Å²) in [6, 6.07) is 16.6. The third kappa shape index (κ3) is 3.99. The van der Waals surface area contributed by atoms with Crippen LogP contribution in [0, 0.1) is 0 Å². The molecule has 0 bridgehead atoms. The van der Waals surface area contributed by atoms with Crippen LogP contribution < -0.4 is 5.32 Å². The van der Waals surface area contributed by atoms with Gasteiger partial charge >= 0.3 is 0 Å². The molecular weight excluding hydrogens is 398 g/mol. The zero-order valence-electron chi connectivity index (χ0n) is 17.1. The van der Waals surface area contributed by atoms with Crippen LogP contribution in [0.15, 0.2) is 63.9 Å². The van der Waals surface area contributed by atoms with Gasteiger partial charge in [-0.1, -0.05) is 49.4 Å². The van der Waals surface area contributed by atoms with Crippen LogP contribution in [0.2, 0.25) is 0 Å². The summed E-state index contributed by atoms with van der Waals surface area (Å²) in [5.74, 6) is 0.589. The van der Waals surface area contributed by atoms with E-state index in [1.807, 2.05) is 23.1 Å². The molecule has 2 atom stereocenters. The second-order valence-electron chi connectivity index (χ2n) is 7.85. The maximum atomic E-state index is 13.1. The normalized spacial score (nSPS) is 20.9. The van der Waals surface area contributed by atoms with E-state index in [-0.39, 0.29) is 16.7 Å². The van der Waals surface area contributed by atoms with E-state index in [4.69, 9.17) is 0 Å². The van der Waals surface area contributed by atoms with Gasteiger partial charge in [0.05, 0.1) is 0 Å². The molecule has 0 aromatic heterocycles. The minimum Gasteiger partial charge on any atom is -0.354 e. The zero-order chi connectivity index (χ0) is 21.1. The van der Waals surface area contributed by atoms with E-state index < -0.39 is 16.1 Å². The van der Waals surface area contributed by atoms with Crippen molar-refractivity contribution in [3.05, 3.63) is 65.7 Å². The Balaban J connectivity index is 1.52. The number of benzene rings is 2. The third-order valence-electron chi connectivity index (χ3n) is 5.98. The van der Waals surface area contributed by atoms with Crippen LogP contribution >= 0.6 is 0 Å². The number of amides is 1. The molecule has 7 heteroatoms. The maximum absolute atomic E-state index is 13.1. The molecule has 4 rings (SSSR count). The van der Waals surface area contributed by atoms with E-state index in [0.29, 0.717) is 30.9 Å². The molecule has 6 nitrogen and oxygen atoms in total. The average Bonchev–Trinajstić information content (AvgIpc) is 3.06. The van der Waals surface area contributed by atoms with Gasteiger partial charge in [-0.3, -0.25) is 4.79 Å². The standard InChI is InChI=1S/C23H27N3O3S/c1-2-17(18-10-4-3-5-11-18)16-24-23(27)20-13-8-9-15-26(20)22-19-12-6-7-14-21(19)30(28,29)25-22/h3-7,10-12,14,17,20H,2,8-9,13,15-16H2,1H3,(H,24,27)/t17-,20+/m1/s1. The van der Waals surface area contributed by atoms with Crippen LogP contribution in [0.1, 0.15) is 49.7 Å². The SMILES string of the molecule is CC[C@H](CNC(=O)[C@@H]1CCCCN1C1=NS(=O)(=O)c2ccccc21)c1ccccc1. The molecule has 1 N–H and O–H groups in total. The van der Waals surface area contributed by atoms with E-state index >= 15 is 0 Å². The molecule has 2 aromatic carbocycles. The van der Waals surface area contributed by atoms with E-state index in [1.54, 1.807) is 24.3 Å². The lowest BCUT2D eigenvalue weighted by molar-refractivity contribution is -0.126. The second kappa shape index (κ2) is 8.60. The summed E-state index contributed by atoms with van der Waals surface area (Å²) in [6.45, 7) is 3.30. The van der Waals surface area contributed by atoms with Gasteiger partial charge in [0.2, 0.25) is 5.91 Å². The topological polar surface area (TPSA) is 78.8 Å². The van der Waals surface area contributed by atoms with Gasteiger partial charge in [-0.2, -0.15) is 8.42 Å². The molecule has 0 radical (unpaired) electrons. The fourth-order valence-corrected chi connectivity index (χ4v) is 5.54. The van der Waals surface area contributed by atoms with Crippen LogP contribution in [0.25, 0.3) is 0 Å². The van der Waals surface area contributed by atoms with E-state index in [2.05, 4.69) is 28.8 Å². The van der Waals surface area contributed by atoms with Gasteiger partial charge in [-0.15, -0.1) is 4.40 Å². The molecule has 1 fully saturated rings. The van der Waals surface area contributed by atoms with Crippen molar-refractivity contribution in [3.8, 4) is 0 Å². The molecule has 30 heavy (non-hydrogen) atoms. The fraction of sp³-hybridized carbons (Fsp3) is 0.391. The summed E-state index contributed by atoms with van der Waals surface area (Å²) in [4.78, 5) is 15.2. The number of likely N-dealkylation sites (tertiary alicyclic amines) is 1. The van der Waals surface area contributed by atoms with Crippen LogP contribution in [-0.4, -0.2) is 44.2 Å². The molecule has 0 spiro atoms. The van der Waals surface area contributed by atoms with Crippen molar-refractivity contribution in [2.75, 3.05) is 13.1 Å². The molecule has 0 unspecified atom stereocenters. The summed E-state index contributed by atoms with van der Waals surface area (Å²) in [5.41, 5.74) is 1.80. The number of fused-ring (bicyclic) bond motifs is 1. The minimum atomic E-state index is -3.70. The van der Waals surface area contributed by atoms with Gasteiger partial charge in [0, 0.05) is 24.6 Å². The highest BCUT2D eigenvalue weighted by Crippen LogP contribution is 2.30. The Morgan fingerprint density at radius 3 is 2.63 bits per heavy atom. The molecule has 2 aliphatic rings. The molecule has 1 amide bonds. The van der Waals surface area contributed by atoms with Gasteiger partial charge in [-0.05, 0) is 43.4 Å². The molecule has 0 aliphatic carbocycles. The largest absolute Gasteiger partial charge is 0.354 e. The third-order valence-corrected chi connectivity index (χ3v) is 7.30. The highest BCUT2D eigenvalue weighted by Gasteiger charge is 2.37. The number of sulfonamides is 1. The van der Waals surface area contributed by atoms with Crippen molar-refractivity contribution in [1.82, 2.24) is 10.2 Å². The Hall–Kier alpha value is -2.67. The van der Waals surface area contributed by atoms with Crippen LogP contribution in [0.5, 0.6) is 0 Å². The number of amidine groups is 1. The van der Waals surface area contributed by atoms with Gasteiger partial charge < -0.3 is 10.2 Å². The number of hydrogen-bond acceptors (Lipinski definition) is 4. The van der Waals surface area contributed by atoms with E-state index in [9.17, 15) is 13.2 Å². The average molecular weight is 426 g/mol. The van der Waals surface area contributed by atoms with Crippen LogP contribution in [-0.2, 0) is 14.8 Å². The first kappa shape index (κ1) is 20.6. The number of rotatable bonds is 5. The summed E-state index contributed by atoms with van der Waals surface area (Å²) >= 11 is 0. The van der Waals surface area contributed by atoms with Crippen molar-refractivity contribution in [3.63, 3.8) is 0 Å². The van der Waals surface area contributed by atoms with E-state index in [0.717, 1.165) is 19.3 Å². The lowest BCUT2D eigenvalue weighted by Crippen LogP contribution is -2.52. The van der Waals surface area contributed by atoms with Crippen LogP contribution in [0.3, 0.4) is 0 Å². The Bertz CT molecular complexity index is 1050. The Kier molecular flexibility index (Phi) is 5.90. The van der Waals surface area contributed by atoms with Gasteiger partial charge in [0.15, 0.2) is 5.84 Å². The maximum Gasteiger partial charge on any atom is 0.285 e. The Labute approximate surface area is 178 Å². The first-order chi connectivity index (χ1) is 14.5. The number of nitrogens with zero attached hydrogens (tertiary/aromatic N) is 2. The Morgan fingerprint density at radius 1 is 1.13 bits per heavy atom. The highest BCUT2D eigenvalue weighted by atomic mass is 32.2. The molecule has 0 saturated carbocycles. The Morgan fingerprint density at radius 2 is 1.87 bits per heavy atom. The number of carbonyl (C=O) groups is 1. The summed E-state index contributed by atoms with van der Waals surface area (Å²) in [5, 5.41) is 3.11. The first-order valence-electron chi connectivity index (χ1n) is 10.5. The van der Waals surface area contributed by atoms with Crippen molar-refractivity contribution < 1.29 is 13.2 Å². The van der Waals surface area contributed by atoms with Gasteiger partial charge in [0.25, 0.3) is 10.0 Å².